The van der Waals surface area contributed by atoms with Crippen molar-refractivity contribution in [3.05, 3.63) is 218 Å². The van der Waals surface area contributed by atoms with E-state index in [1.165, 1.54) is 0 Å². The lowest BCUT2D eigenvalue weighted by molar-refractivity contribution is -0.143. The molecule has 0 aliphatic carbocycles. The van der Waals surface area contributed by atoms with E-state index in [9.17, 15) is 19.2 Å². The third-order valence-electron chi connectivity index (χ3n) is 10.9. The highest BCUT2D eigenvalue weighted by Gasteiger charge is 2.19. The first-order chi connectivity index (χ1) is 31.8. The number of anilines is 6. The van der Waals surface area contributed by atoms with Crippen molar-refractivity contribution in [3.8, 4) is 11.1 Å². The van der Waals surface area contributed by atoms with Crippen LogP contribution in [0.25, 0.3) is 11.1 Å². The van der Waals surface area contributed by atoms with Gasteiger partial charge in [-0.25, -0.2) is 19.2 Å². The van der Waals surface area contributed by atoms with Gasteiger partial charge < -0.3 is 28.7 Å². The predicted octanol–water partition coefficient (Wildman–Crippen LogP) is 13.5. The molecule has 0 N–H and O–H groups in total. The van der Waals surface area contributed by atoms with Gasteiger partial charge in [0.25, 0.3) is 0 Å². The lowest BCUT2D eigenvalue weighted by Gasteiger charge is -2.27. The molecule has 0 aromatic heterocycles. The van der Waals surface area contributed by atoms with Gasteiger partial charge in [0.05, 0.1) is 0 Å². The molecule has 6 aromatic rings. The molecule has 0 spiro atoms. The number of rotatable bonds is 19. The quantitative estimate of drug-likeness (QED) is 0.0443. The lowest BCUT2D eigenvalue weighted by Crippen LogP contribution is -2.11. The van der Waals surface area contributed by atoms with Crippen LogP contribution in [-0.4, -0.2) is 23.9 Å². The minimum absolute atomic E-state index is 0.468. The van der Waals surface area contributed by atoms with Gasteiger partial charge in [0, 0.05) is 58.4 Å². The van der Waals surface area contributed by atoms with Gasteiger partial charge in [-0.3, -0.25) is 0 Å². The summed E-state index contributed by atoms with van der Waals surface area (Å²) < 4.78 is 21.8. The predicted molar refractivity (Wildman–Crippen MR) is 260 cm³/mol. The Morgan fingerprint density at radius 1 is 0.333 bits per heavy atom. The van der Waals surface area contributed by atoms with Crippen LogP contribution in [0.2, 0.25) is 0 Å². The molecule has 0 bridgehead atoms. The Kier molecular flexibility index (Phi) is 15.7. The van der Waals surface area contributed by atoms with Crippen molar-refractivity contribution >= 4 is 58.0 Å². The van der Waals surface area contributed by atoms with Crippen LogP contribution in [0.1, 0.15) is 74.4 Å². The van der Waals surface area contributed by atoms with Gasteiger partial charge in [-0.2, -0.15) is 0 Å². The monoisotopic (exact) mass is 880 g/mol. The van der Waals surface area contributed by atoms with Crippen LogP contribution < -0.4 is 9.80 Å². The molecular formula is C56H52N2O8. The fraction of sp³-hybridized carbons (Fsp3) is 0.143. The number of benzene rings is 6. The Labute approximate surface area is 386 Å². The third-order valence-corrected chi connectivity index (χ3v) is 10.9. The van der Waals surface area contributed by atoms with Crippen LogP contribution in [0.15, 0.2) is 196 Å². The van der Waals surface area contributed by atoms with E-state index in [1.807, 2.05) is 125 Å². The van der Waals surface area contributed by atoms with E-state index in [2.05, 4.69) is 84.6 Å². The van der Waals surface area contributed by atoms with Crippen LogP contribution in [0, 0.1) is 0 Å². The molecule has 4 atom stereocenters. The van der Waals surface area contributed by atoms with Gasteiger partial charge in [0.2, 0.25) is 0 Å². The van der Waals surface area contributed by atoms with E-state index in [1.54, 1.807) is 0 Å². The Bertz CT molecular complexity index is 2340. The Morgan fingerprint density at radius 2 is 0.500 bits per heavy atom. The second-order valence-electron chi connectivity index (χ2n) is 15.3. The second-order valence-corrected chi connectivity index (χ2v) is 15.3. The van der Waals surface area contributed by atoms with Gasteiger partial charge in [-0.1, -0.05) is 99.1 Å². The van der Waals surface area contributed by atoms with Crippen LogP contribution in [0.5, 0.6) is 0 Å². The highest BCUT2D eigenvalue weighted by molar-refractivity contribution is 5.84. The average Bonchev–Trinajstić information content (AvgIpc) is 3.35. The van der Waals surface area contributed by atoms with Crippen LogP contribution in [0.3, 0.4) is 0 Å². The summed E-state index contributed by atoms with van der Waals surface area (Å²) >= 11 is 0. The molecular weight excluding hydrogens is 829 g/mol. The van der Waals surface area contributed by atoms with E-state index in [-0.39, 0.29) is 0 Å². The average molecular weight is 881 g/mol. The van der Waals surface area contributed by atoms with Gasteiger partial charge in [0.15, 0.2) is 0 Å². The van der Waals surface area contributed by atoms with E-state index in [0.29, 0.717) is 0 Å². The van der Waals surface area contributed by atoms with Crippen molar-refractivity contribution < 1.29 is 38.1 Å². The largest absolute Gasteiger partial charge is 0.455 e. The second kappa shape index (κ2) is 21.9. The molecule has 66 heavy (non-hydrogen) atoms. The maximum Gasteiger partial charge on any atom is 0.330 e. The van der Waals surface area contributed by atoms with Crippen molar-refractivity contribution in [2.45, 2.75) is 52.1 Å². The van der Waals surface area contributed by atoms with E-state index < -0.39 is 48.3 Å². The molecule has 0 aliphatic heterocycles. The number of esters is 4. The minimum atomic E-state index is -0.494. The molecule has 0 radical (unpaired) electrons. The summed E-state index contributed by atoms with van der Waals surface area (Å²) in [4.78, 5) is 51.8. The molecule has 0 aliphatic rings. The Morgan fingerprint density at radius 3 is 0.667 bits per heavy atom. The zero-order valence-corrected chi connectivity index (χ0v) is 37.5. The number of hydrogen-bond acceptors (Lipinski definition) is 10. The van der Waals surface area contributed by atoms with Crippen molar-refractivity contribution in [3.63, 3.8) is 0 Å². The van der Waals surface area contributed by atoms with Gasteiger partial charge in [-0.15, -0.1) is 0 Å². The zero-order valence-electron chi connectivity index (χ0n) is 37.5. The van der Waals surface area contributed by atoms with Crippen molar-refractivity contribution in [1.82, 2.24) is 0 Å². The SMILES string of the molecule is C=CC(=O)OC(C)c1ccc(N(c2ccc(-c3ccc(N(c4ccc(C(C)OC(=O)C=C)cc4)c4ccc(C(C)OC(=O)C=C)cc4)cc3)cc2)c2ccc(C(C)OC(=O)C=C)cc2)cc1. The van der Waals surface area contributed by atoms with Gasteiger partial charge in [0.1, 0.15) is 24.4 Å². The number of ether oxygens (including phenoxy) is 4. The third kappa shape index (κ3) is 11.7. The lowest BCUT2D eigenvalue weighted by atomic mass is 10.0. The summed E-state index contributed by atoms with van der Waals surface area (Å²) in [5.74, 6) is -1.98. The van der Waals surface area contributed by atoms with Crippen molar-refractivity contribution in [2.24, 2.45) is 0 Å². The highest BCUT2D eigenvalue weighted by atomic mass is 16.6. The van der Waals surface area contributed by atoms with Crippen LogP contribution in [-0.2, 0) is 38.1 Å². The number of nitrogens with zero attached hydrogens (tertiary/aromatic N) is 2. The molecule has 0 saturated heterocycles. The molecule has 0 fully saturated rings. The first-order valence-electron chi connectivity index (χ1n) is 21.3. The van der Waals surface area contributed by atoms with Crippen molar-refractivity contribution in [2.75, 3.05) is 9.80 Å². The number of carbonyl (C=O) groups is 4. The summed E-state index contributed by atoms with van der Waals surface area (Å²) in [5, 5.41) is 0. The fourth-order valence-electron chi connectivity index (χ4n) is 7.24. The number of carbonyl (C=O) groups excluding carboxylic acids is 4. The maximum atomic E-state index is 11.9. The molecule has 10 nitrogen and oxygen atoms in total. The summed E-state index contributed by atoms with van der Waals surface area (Å²) in [6, 6.07) is 47.8. The molecule has 6 aromatic carbocycles. The summed E-state index contributed by atoms with van der Waals surface area (Å²) in [7, 11) is 0. The number of hydrogen-bond donors (Lipinski definition) is 0. The normalized spacial score (nSPS) is 12.5. The topological polar surface area (TPSA) is 112 Å². The zero-order chi connectivity index (χ0) is 47.3. The summed E-state index contributed by atoms with van der Waals surface area (Å²) in [6.45, 7) is 21.2. The Balaban J connectivity index is 1.31. The van der Waals surface area contributed by atoms with E-state index in [0.717, 1.165) is 91.8 Å². The van der Waals surface area contributed by atoms with Gasteiger partial charge in [-0.05, 0) is 134 Å². The molecule has 10 heteroatoms. The minimum Gasteiger partial charge on any atom is -0.455 e. The van der Waals surface area contributed by atoms with E-state index in [4.69, 9.17) is 18.9 Å². The van der Waals surface area contributed by atoms with Crippen LogP contribution in [0.4, 0.5) is 34.1 Å². The standard InChI is InChI=1S/C56H52N2O8/c1-9-53(59)63-37(5)41-13-25-47(26-14-41)57(48-27-15-42(16-28-48)38(6)64-54(60)10-2)51-33-21-45(22-34-51)46-23-35-52(36-24-46)58(49-29-17-43(18-30-49)39(7)65-55(61)11-3)50-31-19-44(20-32-50)40(8)66-56(62)12-4/h9-40H,1-4H2,5-8H3. The first kappa shape index (κ1) is 47.2. The molecule has 6 rings (SSSR count). The smallest absolute Gasteiger partial charge is 0.330 e. The molecule has 0 saturated carbocycles. The summed E-state index contributed by atoms with van der Waals surface area (Å²) in [6.07, 6.45) is 2.71. The Hall–Kier alpha value is -8.24. The van der Waals surface area contributed by atoms with Crippen molar-refractivity contribution in [1.29, 1.82) is 0 Å². The molecule has 0 amide bonds. The molecule has 0 heterocycles. The summed E-state index contributed by atoms with van der Waals surface area (Å²) in [5.41, 5.74) is 10.6. The van der Waals surface area contributed by atoms with Crippen LogP contribution >= 0.6 is 0 Å². The molecule has 334 valence electrons. The highest BCUT2D eigenvalue weighted by Crippen LogP contribution is 2.40. The van der Waals surface area contributed by atoms with E-state index >= 15 is 0 Å². The molecule has 4 unspecified atom stereocenters. The van der Waals surface area contributed by atoms with Gasteiger partial charge >= 0.3 is 23.9 Å². The fourth-order valence-corrected chi connectivity index (χ4v) is 7.24. The first-order valence-corrected chi connectivity index (χ1v) is 21.3. The maximum absolute atomic E-state index is 11.9.